The number of pyridine rings is 1. The Morgan fingerprint density at radius 3 is 2.47 bits per heavy atom. The van der Waals surface area contributed by atoms with E-state index in [2.05, 4.69) is 46.6 Å². The summed E-state index contributed by atoms with van der Waals surface area (Å²) in [7, 11) is 0. The quantitative estimate of drug-likeness (QED) is 0.375. The number of aryl methyl sites for hydroxylation is 2. The third-order valence-corrected chi connectivity index (χ3v) is 6.52. The second kappa shape index (κ2) is 15.5. The Bertz CT molecular complexity index is 821. The molecule has 1 aromatic carbocycles. The molecule has 4 rings (SSSR count). The van der Waals surface area contributed by atoms with Gasteiger partial charge < -0.3 is 20.4 Å². The zero-order valence-corrected chi connectivity index (χ0v) is 21.0. The van der Waals surface area contributed by atoms with E-state index in [4.69, 9.17) is 14.9 Å². The maximum atomic E-state index is 10.9. The molecule has 1 fully saturated rings. The maximum Gasteiger partial charge on any atom is 0.290 e. The molecular formula is C28H43N3O3. The van der Waals surface area contributed by atoms with Crippen molar-refractivity contribution in [1.82, 2.24) is 9.88 Å². The molecule has 34 heavy (non-hydrogen) atoms. The lowest BCUT2D eigenvalue weighted by Gasteiger charge is -2.38. The van der Waals surface area contributed by atoms with E-state index in [0.29, 0.717) is 0 Å². The predicted molar refractivity (Wildman–Crippen MR) is 139 cm³/mol. The van der Waals surface area contributed by atoms with Crippen molar-refractivity contribution in [1.29, 1.82) is 0 Å². The number of hydrogen-bond acceptors (Lipinski definition) is 5. The van der Waals surface area contributed by atoms with Gasteiger partial charge in [0.05, 0.1) is 5.60 Å². The molecule has 1 aromatic heterocycles. The highest BCUT2D eigenvalue weighted by Crippen LogP contribution is 2.26. The van der Waals surface area contributed by atoms with Gasteiger partial charge in [-0.05, 0) is 68.7 Å². The number of fused-ring (bicyclic) bond motifs is 1. The summed E-state index contributed by atoms with van der Waals surface area (Å²) in [4.78, 5) is 15.7. The summed E-state index contributed by atoms with van der Waals surface area (Å²) in [6, 6.07) is 14.9. The summed E-state index contributed by atoms with van der Waals surface area (Å²) in [6.45, 7) is 7.99. The molecule has 6 nitrogen and oxygen atoms in total. The van der Waals surface area contributed by atoms with Crippen LogP contribution in [0.1, 0.15) is 69.2 Å². The van der Waals surface area contributed by atoms with Gasteiger partial charge in [-0.15, -0.1) is 0 Å². The summed E-state index contributed by atoms with van der Waals surface area (Å²) >= 11 is 0. The van der Waals surface area contributed by atoms with E-state index in [9.17, 15) is 5.11 Å². The van der Waals surface area contributed by atoms with Crippen molar-refractivity contribution in [3.05, 3.63) is 59.3 Å². The summed E-state index contributed by atoms with van der Waals surface area (Å²) in [5, 5.41) is 21.2. The molecule has 1 saturated heterocycles. The number of carboxylic acid groups (broad SMARTS) is 1. The van der Waals surface area contributed by atoms with Crippen LogP contribution in [0.2, 0.25) is 0 Å². The molecule has 6 heteroatoms. The molecule has 0 radical (unpaired) electrons. The highest BCUT2D eigenvalue weighted by Gasteiger charge is 2.32. The average molecular weight is 470 g/mol. The minimum atomic E-state index is -0.524. The van der Waals surface area contributed by atoms with Crippen LogP contribution in [0, 0.1) is 0 Å². The van der Waals surface area contributed by atoms with Crippen LogP contribution in [-0.2, 0) is 24.1 Å². The molecule has 0 atom stereocenters. The SMILES string of the molecule is CC.O=CO.OC1(Cc2ccccc2)CCN(CCCCCc2ccc3c(n2)NCCC3)CC1. The molecule has 0 unspecified atom stereocenters. The Morgan fingerprint density at radius 2 is 1.76 bits per heavy atom. The first-order valence-corrected chi connectivity index (χ1v) is 12.9. The molecule has 0 aliphatic carbocycles. The minimum absolute atomic E-state index is 0.250. The third-order valence-electron chi connectivity index (χ3n) is 6.52. The Kier molecular flexibility index (Phi) is 12.6. The second-order valence-corrected chi connectivity index (χ2v) is 8.99. The molecule has 2 aliphatic rings. The Balaban J connectivity index is 0.000000758. The van der Waals surface area contributed by atoms with Gasteiger partial charge in [0.2, 0.25) is 0 Å². The van der Waals surface area contributed by atoms with E-state index in [0.717, 1.165) is 64.1 Å². The fraction of sp³-hybridized carbons (Fsp3) is 0.571. The Labute approximate surface area is 205 Å². The normalized spacial score (nSPS) is 16.6. The smallest absolute Gasteiger partial charge is 0.290 e. The fourth-order valence-electron chi connectivity index (χ4n) is 4.67. The monoisotopic (exact) mass is 469 g/mol. The molecular weight excluding hydrogens is 426 g/mol. The zero-order valence-electron chi connectivity index (χ0n) is 21.0. The lowest BCUT2D eigenvalue weighted by molar-refractivity contribution is -0.122. The first-order chi connectivity index (χ1) is 16.6. The number of piperidine rings is 1. The molecule has 3 heterocycles. The Hall–Kier alpha value is -2.44. The number of aromatic nitrogens is 1. The van der Waals surface area contributed by atoms with Gasteiger partial charge >= 0.3 is 0 Å². The first kappa shape index (κ1) is 27.8. The van der Waals surface area contributed by atoms with Gasteiger partial charge in [0, 0.05) is 31.7 Å². The van der Waals surface area contributed by atoms with Gasteiger partial charge in [0.1, 0.15) is 5.82 Å². The molecule has 0 saturated carbocycles. The predicted octanol–water partition coefficient (Wildman–Crippen LogP) is 4.95. The highest BCUT2D eigenvalue weighted by atomic mass is 16.3. The maximum absolute atomic E-state index is 10.9. The van der Waals surface area contributed by atoms with Crippen LogP contribution < -0.4 is 5.32 Å². The van der Waals surface area contributed by atoms with Crippen molar-refractivity contribution in [3.8, 4) is 0 Å². The van der Waals surface area contributed by atoms with Crippen molar-refractivity contribution in [3.63, 3.8) is 0 Å². The van der Waals surface area contributed by atoms with Gasteiger partial charge in [-0.1, -0.05) is 56.7 Å². The largest absolute Gasteiger partial charge is 0.483 e. The summed E-state index contributed by atoms with van der Waals surface area (Å²) in [6.07, 6.45) is 9.69. The van der Waals surface area contributed by atoms with Crippen molar-refractivity contribution >= 4 is 12.3 Å². The van der Waals surface area contributed by atoms with Crippen molar-refractivity contribution in [2.45, 2.75) is 77.2 Å². The van der Waals surface area contributed by atoms with E-state index >= 15 is 0 Å². The zero-order chi connectivity index (χ0) is 24.7. The number of benzene rings is 1. The number of anilines is 1. The highest BCUT2D eigenvalue weighted by molar-refractivity contribution is 5.47. The number of rotatable bonds is 8. The van der Waals surface area contributed by atoms with Gasteiger partial charge in [0.25, 0.3) is 6.47 Å². The van der Waals surface area contributed by atoms with E-state index in [1.54, 1.807) is 0 Å². The van der Waals surface area contributed by atoms with E-state index in [1.165, 1.54) is 42.5 Å². The van der Waals surface area contributed by atoms with Crippen LogP contribution in [0.5, 0.6) is 0 Å². The topological polar surface area (TPSA) is 85.7 Å². The van der Waals surface area contributed by atoms with Gasteiger partial charge in [0.15, 0.2) is 0 Å². The molecule has 3 N–H and O–H groups in total. The van der Waals surface area contributed by atoms with Crippen LogP contribution in [0.4, 0.5) is 5.82 Å². The molecule has 2 aromatic rings. The van der Waals surface area contributed by atoms with Crippen molar-refractivity contribution in [2.24, 2.45) is 0 Å². The number of nitrogens with zero attached hydrogens (tertiary/aromatic N) is 2. The molecule has 2 aliphatic heterocycles. The van der Waals surface area contributed by atoms with Gasteiger partial charge in [-0.2, -0.15) is 0 Å². The first-order valence-electron chi connectivity index (χ1n) is 12.9. The minimum Gasteiger partial charge on any atom is -0.483 e. The summed E-state index contributed by atoms with van der Waals surface area (Å²) in [5.74, 6) is 1.12. The lowest BCUT2D eigenvalue weighted by atomic mass is 9.85. The molecule has 0 bridgehead atoms. The number of carbonyl (C=O) groups is 1. The van der Waals surface area contributed by atoms with E-state index < -0.39 is 5.60 Å². The van der Waals surface area contributed by atoms with Crippen LogP contribution in [0.3, 0.4) is 0 Å². The van der Waals surface area contributed by atoms with E-state index in [-0.39, 0.29) is 6.47 Å². The molecule has 0 amide bonds. The van der Waals surface area contributed by atoms with E-state index in [1.807, 2.05) is 19.9 Å². The van der Waals surface area contributed by atoms with Gasteiger partial charge in [-0.25, -0.2) is 4.98 Å². The van der Waals surface area contributed by atoms with Crippen LogP contribution in [0.15, 0.2) is 42.5 Å². The van der Waals surface area contributed by atoms with Crippen molar-refractivity contribution in [2.75, 3.05) is 31.5 Å². The molecule has 188 valence electrons. The van der Waals surface area contributed by atoms with Crippen LogP contribution >= 0.6 is 0 Å². The third kappa shape index (κ3) is 9.43. The fourth-order valence-corrected chi connectivity index (χ4v) is 4.67. The average Bonchev–Trinajstić information content (AvgIpc) is 2.87. The molecule has 0 spiro atoms. The lowest BCUT2D eigenvalue weighted by Crippen LogP contribution is -2.45. The Morgan fingerprint density at radius 1 is 1.06 bits per heavy atom. The standard InChI is InChI=1S/C25H35N3O.C2H6.CH2O2/c29-25(20-21-8-3-1-4-9-21)14-18-28(19-15-25)17-6-2-5-11-23-13-12-22-10-7-16-26-24(22)27-23;1-2;2-1-3/h1,3-4,8-9,12-13,29H,2,5-7,10-11,14-20H2,(H,26,27);1-2H3;1H,(H,2,3). The van der Waals surface area contributed by atoms with Crippen LogP contribution in [0.25, 0.3) is 0 Å². The number of aliphatic hydroxyl groups is 1. The number of hydrogen-bond donors (Lipinski definition) is 3. The number of nitrogens with one attached hydrogen (secondary N) is 1. The summed E-state index contributed by atoms with van der Waals surface area (Å²) < 4.78 is 0. The summed E-state index contributed by atoms with van der Waals surface area (Å²) in [5.41, 5.74) is 3.32. The van der Waals surface area contributed by atoms with Crippen LogP contribution in [-0.4, -0.2) is 58.3 Å². The second-order valence-electron chi connectivity index (χ2n) is 8.99. The number of unbranched alkanes of at least 4 members (excludes halogenated alkanes) is 2. The van der Waals surface area contributed by atoms with Crippen molar-refractivity contribution < 1.29 is 15.0 Å². The van der Waals surface area contributed by atoms with Gasteiger partial charge in [-0.3, -0.25) is 4.79 Å². The number of likely N-dealkylation sites (tertiary alicyclic amines) is 1.